The molecule has 1 fully saturated rings. The Balaban J connectivity index is 1.70. The highest BCUT2D eigenvalue weighted by atomic mass is 35.5. The number of amides is 2. The number of methoxy groups -OCH3 is 1. The number of halogens is 1. The van der Waals surface area contributed by atoms with E-state index < -0.39 is 28.5 Å². The van der Waals surface area contributed by atoms with Crippen LogP contribution in [0.5, 0.6) is 5.75 Å². The van der Waals surface area contributed by atoms with Crippen molar-refractivity contribution in [1.29, 1.82) is 0 Å². The average molecular weight is 626 g/mol. The van der Waals surface area contributed by atoms with Crippen molar-refractivity contribution in [2.24, 2.45) is 0 Å². The van der Waals surface area contributed by atoms with Crippen LogP contribution in [0.25, 0.3) is 0 Å². The molecule has 0 saturated heterocycles. The van der Waals surface area contributed by atoms with Crippen LogP contribution in [0.3, 0.4) is 0 Å². The Bertz CT molecular complexity index is 1490. The lowest BCUT2D eigenvalue weighted by molar-refractivity contribution is -0.140. The molecule has 10 heteroatoms. The molecule has 1 aliphatic rings. The zero-order valence-electron chi connectivity index (χ0n) is 25.0. The van der Waals surface area contributed by atoms with Crippen molar-refractivity contribution in [1.82, 2.24) is 10.2 Å². The fourth-order valence-electron chi connectivity index (χ4n) is 5.39. The largest absolute Gasteiger partial charge is 0.497 e. The van der Waals surface area contributed by atoms with Crippen LogP contribution < -0.4 is 14.4 Å². The van der Waals surface area contributed by atoms with E-state index in [1.807, 2.05) is 26.0 Å². The zero-order chi connectivity index (χ0) is 31.0. The van der Waals surface area contributed by atoms with Gasteiger partial charge in [-0.3, -0.25) is 13.9 Å². The van der Waals surface area contributed by atoms with Gasteiger partial charge in [-0.05, 0) is 74.2 Å². The highest BCUT2D eigenvalue weighted by Gasteiger charge is 2.34. The Labute approximate surface area is 260 Å². The fraction of sp³-hybridized carbons (Fsp3) is 0.394. The van der Waals surface area contributed by atoms with Crippen molar-refractivity contribution < 1.29 is 22.7 Å². The highest BCUT2D eigenvalue weighted by molar-refractivity contribution is 7.92. The zero-order valence-corrected chi connectivity index (χ0v) is 26.5. The van der Waals surface area contributed by atoms with Crippen LogP contribution in [0.2, 0.25) is 5.02 Å². The van der Waals surface area contributed by atoms with Crippen molar-refractivity contribution in [3.63, 3.8) is 0 Å². The number of hydrogen-bond acceptors (Lipinski definition) is 5. The molecular formula is C33H40ClN3O5S. The van der Waals surface area contributed by atoms with Crippen molar-refractivity contribution in [3.05, 3.63) is 88.9 Å². The Morgan fingerprint density at radius 3 is 2.28 bits per heavy atom. The fourth-order valence-corrected chi connectivity index (χ4v) is 6.98. The van der Waals surface area contributed by atoms with Gasteiger partial charge in [0.05, 0.1) is 17.7 Å². The summed E-state index contributed by atoms with van der Waals surface area (Å²) < 4.78 is 34.3. The molecular weight excluding hydrogens is 586 g/mol. The number of nitrogens with zero attached hydrogens (tertiary/aromatic N) is 2. The SMILES string of the molecule is CCC(C(=O)NC1CCCCC1)N(Cc1ccc(OC)cc1)C(=O)CN(c1cccc(Cl)c1)S(=O)(=O)c1ccc(C)cc1. The molecule has 3 aromatic carbocycles. The van der Waals surface area contributed by atoms with E-state index >= 15 is 0 Å². The number of rotatable bonds is 12. The molecule has 43 heavy (non-hydrogen) atoms. The van der Waals surface area contributed by atoms with E-state index in [1.54, 1.807) is 49.6 Å². The summed E-state index contributed by atoms with van der Waals surface area (Å²) >= 11 is 6.26. The molecule has 3 aromatic rings. The molecule has 1 aliphatic carbocycles. The molecule has 0 aromatic heterocycles. The summed E-state index contributed by atoms with van der Waals surface area (Å²) in [5.74, 6) is -0.0656. The van der Waals surface area contributed by atoms with Crippen LogP contribution in [0.15, 0.2) is 77.7 Å². The molecule has 0 radical (unpaired) electrons. The minimum absolute atomic E-state index is 0.0506. The quantitative estimate of drug-likeness (QED) is 0.262. The van der Waals surface area contributed by atoms with Gasteiger partial charge in [-0.25, -0.2) is 8.42 Å². The summed E-state index contributed by atoms with van der Waals surface area (Å²) in [6.07, 6.45) is 5.45. The maximum atomic E-state index is 14.3. The lowest BCUT2D eigenvalue weighted by atomic mass is 9.95. The first-order chi connectivity index (χ1) is 20.6. The number of aryl methyl sites for hydroxylation is 1. The minimum atomic E-state index is -4.16. The van der Waals surface area contributed by atoms with Crippen molar-refractivity contribution in [2.45, 2.75) is 75.9 Å². The van der Waals surface area contributed by atoms with Gasteiger partial charge in [-0.1, -0.05) is 73.7 Å². The molecule has 8 nitrogen and oxygen atoms in total. The van der Waals surface area contributed by atoms with Crippen molar-refractivity contribution in [3.8, 4) is 5.75 Å². The van der Waals surface area contributed by atoms with Gasteiger partial charge in [0.1, 0.15) is 18.3 Å². The summed E-state index contributed by atoms with van der Waals surface area (Å²) in [5.41, 5.74) is 1.95. The molecule has 0 heterocycles. The van der Waals surface area contributed by atoms with Crippen LogP contribution in [0, 0.1) is 6.92 Å². The van der Waals surface area contributed by atoms with Crippen molar-refractivity contribution >= 4 is 39.1 Å². The number of sulfonamides is 1. The lowest BCUT2D eigenvalue weighted by Crippen LogP contribution is -2.54. The molecule has 4 rings (SSSR count). The third-order valence-electron chi connectivity index (χ3n) is 7.83. The van der Waals surface area contributed by atoms with Gasteiger partial charge in [-0.15, -0.1) is 0 Å². The Hall–Kier alpha value is -3.56. The molecule has 1 unspecified atom stereocenters. The summed E-state index contributed by atoms with van der Waals surface area (Å²) in [6.45, 7) is 3.33. The topological polar surface area (TPSA) is 96.0 Å². The van der Waals surface area contributed by atoms with E-state index in [1.165, 1.54) is 23.1 Å². The first-order valence-corrected chi connectivity index (χ1v) is 16.5. The van der Waals surface area contributed by atoms with Gasteiger partial charge in [0.15, 0.2) is 0 Å². The van der Waals surface area contributed by atoms with Gasteiger partial charge in [0.25, 0.3) is 10.0 Å². The Morgan fingerprint density at radius 1 is 1.00 bits per heavy atom. The predicted octanol–water partition coefficient (Wildman–Crippen LogP) is 6.11. The molecule has 1 atom stereocenters. The monoisotopic (exact) mass is 625 g/mol. The minimum Gasteiger partial charge on any atom is -0.497 e. The average Bonchev–Trinajstić information content (AvgIpc) is 3.00. The number of hydrogen-bond donors (Lipinski definition) is 1. The Morgan fingerprint density at radius 2 is 1.67 bits per heavy atom. The molecule has 2 amide bonds. The van der Waals surface area contributed by atoms with Gasteiger partial charge in [-0.2, -0.15) is 0 Å². The van der Waals surface area contributed by atoms with Gasteiger partial charge in [0.2, 0.25) is 11.8 Å². The standard InChI is InChI=1S/C33H40ClN3O5S/c1-4-31(33(39)35-27-10-6-5-7-11-27)36(22-25-15-17-29(42-3)18-16-25)32(38)23-37(28-12-8-9-26(34)21-28)43(40,41)30-19-13-24(2)14-20-30/h8-9,12-21,27,31H,4-7,10-11,22-23H2,1-3H3,(H,35,39). The number of benzene rings is 3. The van der Waals surface area contributed by atoms with E-state index in [4.69, 9.17) is 16.3 Å². The molecule has 1 saturated carbocycles. The second-order valence-corrected chi connectivity index (χ2v) is 13.2. The number of carbonyl (C=O) groups excluding carboxylic acids is 2. The molecule has 1 N–H and O–H groups in total. The van der Waals surface area contributed by atoms with Crippen LogP contribution in [0.4, 0.5) is 5.69 Å². The molecule has 0 aliphatic heterocycles. The summed E-state index contributed by atoms with van der Waals surface area (Å²) in [6, 6.07) is 19.4. The third kappa shape index (κ3) is 8.30. The molecule has 0 bridgehead atoms. The van der Waals surface area contributed by atoms with E-state index in [9.17, 15) is 18.0 Å². The predicted molar refractivity (Wildman–Crippen MR) is 170 cm³/mol. The van der Waals surface area contributed by atoms with Crippen LogP contribution >= 0.6 is 11.6 Å². The normalized spacial score (nSPS) is 14.5. The maximum absolute atomic E-state index is 14.3. The second kappa shape index (κ2) is 14.8. The van der Waals surface area contributed by atoms with Crippen LogP contribution in [-0.4, -0.2) is 50.9 Å². The van der Waals surface area contributed by atoms with Gasteiger partial charge >= 0.3 is 0 Å². The van der Waals surface area contributed by atoms with E-state index in [2.05, 4.69) is 5.32 Å². The smallest absolute Gasteiger partial charge is 0.264 e. The summed E-state index contributed by atoms with van der Waals surface area (Å²) in [7, 11) is -2.59. The maximum Gasteiger partial charge on any atom is 0.264 e. The third-order valence-corrected chi connectivity index (χ3v) is 9.86. The first kappa shape index (κ1) is 32.4. The first-order valence-electron chi connectivity index (χ1n) is 14.7. The summed E-state index contributed by atoms with van der Waals surface area (Å²) in [5, 5.41) is 3.50. The van der Waals surface area contributed by atoms with E-state index in [0.717, 1.165) is 47.5 Å². The number of carbonyl (C=O) groups is 2. The van der Waals surface area contributed by atoms with Crippen molar-refractivity contribution in [2.75, 3.05) is 18.0 Å². The number of ether oxygens (including phenoxy) is 1. The Kier molecular flexibility index (Phi) is 11.1. The van der Waals surface area contributed by atoms with Crippen LogP contribution in [-0.2, 0) is 26.2 Å². The van der Waals surface area contributed by atoms with E-state index in [-0.39, 0.29) is 29.1 Å². The number of anilines is 1. The second-order valence-electron chi connectivity index (χ2n) is 10.9. The summed E-state index contributed by atoms with van der Waals surface area (Å²) in [4.78, 5) is 29.4. The number of nitrogens with one attached hydrogen (secondary N) is 1. The van der Waals surface area contributed by atoms with Crippen LogP contribution in [0.1, 0.15) is 56.6 Å². The van der Waals surface area contributed by atoms with Gasteiger partial charge in [0, 0.05) is 17.6 Å². The lowest BCUT2D eigenvalue weighted by Gasteiger charge is -2.34. The van der Waals surface area contributed by atoms with E-state index in [0.29, 0.717) is 17.2 Å². The molecule has 230 valence electrons. The highest BCUT2D eigenvalue weighted by Crippen LogP contribution is 2.27. The van der Waals surface area contributed by atoms with Gasteiger partial charge < -0.3 is 15.0 Å². The molecule has 0 spiro atoms.